The van der Waals surface area contributed by atoms with Gasteiger partial charge in [-0.1, -0.05) is 0 Å². The standard InChI is InChI=1S/C11H18N4OS/c1-4-13-10-8-12-7-9(14-10)11(16)15(2)5-6-17-3/h7-8H,4-6H2,1-3H3,(H,13,14). The Balaban J connectivity index is 2.70. The summed E-state index contributed by atoms with van der Waals surface area (Å²) in [6.45, 7) is 3.45. The maximum absolute atomic E-state index is 12.0. The van der Waals surface area contributed by atoms with E-state index in [4.69, 9.17) is 0 Å². The quantitative estimate of drug-likeness (QED) is 0.830. The molecule has 1 aromatic heterocycles. The van der Waals surface area contributed by atoms with Crippen molar-refractivity contribution in [2.75, 3.05) is 37.5 Å². The Morgan fingerprint density at radius 2 is 2.29 bits per heavy atom. The Morgan fingerprint density at radius 3 is 2.94 bits per heavy atom. The molecule has 5 nitrogen and oxygen atoms in total. The number of aromatic nitrogens is 2. The van der Waals surface area contributed by atoms with Crippen molar-refractivity contribution >= 4 is 23.5 Å². The van der Waals surface area contributed by atoms with Crippen molar-refractivity contribution < 1.29 is 4.79 Å². The molecule has 6 heteroatoms. The molecule has 0 bridgehead atoms. The van der Waals surface area contributed by atoms with Crippen LogP contribution in [0.3, 0.4) is 0 Å². The minimum absolute atomic E-state index is 0.0914. The van der Waals surface area contributed by atoms with Crippen molar-refractivity contribution in [2.24, 2.45) is 0 Å². The fourth-order valence-corrected chi connectivity index (χ4v) is 1.72. The lowest BCUT2D eigenvalue weighted by molar-refractivity contribution is 0.0797. The minimum atomic E-state index is -0.0914. The number of carbonyl (C=O) groups is 1. The second kappa shape index (κ2) is 7.11. The second-order valence-corrected chi connectivity index (χ2v) is 4.52. The summed E-state index contributed by atoms with van der Waals surface area (Å²) >= 11 is 1.71. The first kappa shape index (κ1) is 13.8. The van der Waals surface area contributed by atoms with Gasteiger partial charge in [0, 0.05) is 25.9 Å². The first-order valence-corrected chi connectivity index (χ1v) is 6.88. The zero-order valence-electron chi connectivity index (χ0n) is 10.4. The number of hydrogen-bond donors (Lipinski definition) is 1. The summed E-state index contributed by atoms with van der Waals surface area (Å²) in [6, 6.07) is 0. The number of thioether (sulfide) groups is 1. The summed E-state index contributed by atoms with van der Waals surface area (Å²) in [5.41, 5.74) is 0.382. The predicted molar refractivity (Wildman–Crippen MR) is 71.5 cm³/mol. The number of anilines is 1. The summed E-state index contributed by atoms with van der Waals surface area (Å²) in [6.07, 6.45) is 5.13. The van der Waals surface area contributed by atoms with Gasteiger partial charge in [-0.05, 0) is 13.2 Å². The Labute approximate surface area is 106 Å². The van der Waals surface area contributed by atoms with Crippen molar-refractivity contribution in [3.8, 4) is 0 Å². The molecule has 0 radical (unpaired) electrons. The van der Waals surface area contributed by atoms with Gasteiger partial charge in [0.15, 0.2) is 0 Å². The molecule has 0 aromatic carbocycles. The molecule has 0 saturated heterocycles. The lowest BCUT2D eigenvalue weighted by Gasteiger charge is -2.16. The van der Waals surface area contributed by atoms with Crippen LogP contribution in [0.25, 0.3) is 0 Å². The highest BCUT2D eigenvalue weighted by Gasteiger charge is 2.13. The molecule has 1 amide bonds. The average molecular weight is 254 g/mol. The van der Waals surface area contributed by atoms with Gasteiger partial charge in [-0.15, -0.1) is 0 Å². The molecule has 0 atom stereocenters. The van der Waals surface area contributed by atoms with E-state index in [-0.39, 0.29) is 5.91 Å². The van der Waals surface area contributed by atoms with Gasteiger partial charge in [0.1, 0.15) is 11.5 Å². The smallest absolute Gasteiger partial charge is 0.273 e. The molecule has 0 saturated carbocycles. The van der Waals surface area contributed by atoms with Crippen LogP contribution in [0.1, 0.15) is 17.4 Å². The molecule has 0 aliphatic carbocycles. The summed E-state index contributed by atoms with van der Waals surface area (Å²) < 4.78 is 0. The number of nitrogens with one attached hydrogen (secondary N) is 1. The fourth-order valence-electron chi connectivity index (χ4n) is 1.26. The SMILES string of the molecule is CCNc1cncc(C(=O)N(C)CCSC)n1. The number of rotatable bonds is 6. The van der Waals surface area contributed by atoms with Crippen LogP contribution in [0.2, 0.25) is 0 Å². The number of nitrogens with zero attached hydrogens (tertiary/aromatic N) is 3. The lowest BCUT2D eigenvalue weighted by Crippen LogP contribution is -2.29. The molecule has 1 N–H and O–H groups in total. The Kier molecular flexibility index (Phi) is 5.76. The van der Waals surface area contributed by atoms with Crippen molar-refractivity contribution in [1.82, 2.24) is 14.9 Å². The van der Waals surface area contributed by atoms with E-state index in [0.29, 0.717) is 18.1 Å². The highest BCUT2D eigenvalue weighted by Crippen LogP contribution is 2.05. The van der Waals surface area contributed by atoms with Crippen molar-refractivity contribution in [2.45, 2.75) is 6.92 Å². The Hall–Kier alpha value is -1.30. The van der Waals surface area contributed by atoms with Crippen molar-refractivity contribution in [1.29, 1.82) is 0 Å². The van der Waals surface area contributed by atoms with Gasteiger partial charge in [0.25, 0.3) is 5.91 Å². The van der Waals surface area contributed by atoms with Crippen LogP contribution in [-0.2, 0) is 0 Å². The molecule has 0 aliphatic rings. The predicted octanol–water partition coefficient (Wildman–Crippen LogP) is 1.34. The Morgan fingerprint density at radius 1 is 1.53 bits per heavy atom. The summed E-state index contributed by atoms with van der Waals surface area (Å²) in [7, 11) is 1.78. The van der Waals surface area contributed by atoms with Crippen LogP contribution in [0, 0.1) is 0 Å². The largest absolute Gasteiger partial charge is 0.369 e. The molecule has 17 heavy (non-hydrogen) atoms. The maximum Gasteiger partial charge on any atom is 0.273 e. The third kappa shape index (κ3) is 4.22. The maximum atomic E-state index is 12.0. The van der Waals surface area contributed by atoms with Crippen LogP contribution in [-0.4, -0.2) is 52.9 Å². The first-order chi connectivity index (χ1) is 8.19. The van der Waals surface area contributed by atoms with Crippen LogP contribution in [0.5, 0.6) is 0 Å². The summed E-state index contributed by atoms with van der Waals surface area (Å²) in [4.78, 5) is 21.9. The molecule has 0 unspecified atom stereocenters. The number of carbonyl (C=O) groups excluding carboxylic acids is 1. The number of hydrogen-bond acceptors (Lipinski definition) is 5. The topological polar surface area (TPSA) is 58.1 Å². The van der Waals surface area contributed by atoms with Gasteiger partial charge in [-0.25, -0.2) is 4.98 Å². The molecule has 1 heterocycles. The fraction of sp³-hybridized carbons (Fsp3) is 0.545. The van der Waals surface area contributed by atoms with E-state index in [1.165, 1.54) is 6.20 Å². The zero-order valence-corrected chi connectivity index (χ0v) is 11.3. The molecule has 0 fully saturated rings. The second-order valence-electron chi connectivity index (χ2n) is 3.54. The highest BCUT2D eigenvalue weighted by molar-refractivity contribution is 7.98. The monoisotopic (exact) mass is 254 g/mol. The van der Waals surface area contributed by atoms with Gasteiger partial charge in [0.2, 0.25) is 0 Å². The van der Waals surface area contributed by atoms with E-state index in [9.17, 15) is 4.79 Å². The van der Waals surface area contributed by atoms with Crippen LogP contribution in [0.4, 0.5) is 5.82 Å². The highest BCUT2D eigenvalue weighted by atomic mass is 32.2. The molecular weight excluding hydrogens is 236 g/mol. The van der Waals surface area contributed by atoms with Gasteiger partial charge in [0.05, 0.1) is 12.4 Å². The minimum Gasteiger partial charge on any atom is -0.369 e. The molecule has 94 valence electrons. The third-order valence-corrected chi connectivity index (χ3v) is 2.78. The van der Waals surface area contributed by atoms with E-state index in [2.05, 4.69) is 15.3 Å². The third-order valence-electron chi connectivity index (χ3n) is 2.19. The molecule has 1 aromatic rings. The molecule has 0 spiro atoms. The van der Waals surface area contributed by atoms with Gasteiger partial charge >= 0.3 is 0 Å². The summed E-state index contributed by atoms with van der Waals surface area (Å²) in [5.74, 6) is 1.46. The summed E-state index contributed by atoms with van der Waals surface area (Å²) in [5, 5.41) is 3.04. The molecule has 1 rings (SSSR count). The van der Waals surface area contributed by atoms with Crippen molar-refractivity contribution in [3.63, 3.8) is 0 Å². The van der Waals surface area contributed by atoms with Crippen LogP contribution in [0.15, 0.2) is 12.4 Å². The van der Waals surface area contributed by atoms with E-state index in [1.54, 1.807) is 29.9 Å². The van der Waals surface area contributed by atoms with E-state index in [1.807, 2.05) is 13.2 Å². The average Bonchev–Trinajstić information content (AvgIpc) is 2.35. The van der Waals surface area contributed by atoms with E-state index < -0.39 is 0 Å². The van der Waals surface area contributed by atoms with Crippen molar-refractivity contribution in [3.05, 3.63) is 18.1 Å². The van der Waals surface area contributed by atoms with Crippen LogP contribution >= 0.6 is 11.8 Å². The molecular formula is C11H18N4OS. The van der Waals surface area contributed by atoms with E-state index in [0.717, 1.165) is 12.3 Å². The normalized spacial score (nSPS) is 10.1. The first-order valence-electron chi connectivity index (χ1n) is 5.49. The van der Waals surface area contributed by atoms with Gasteiger partial charge in [-0.2, -0.15) is 11.8 Å². The van der Waals surface area contributed by atoms with Crippen LogP contribution < -0.4 is 5.32 Å². The van der Waals surface area contributed by atoms with Gasteiger partial charge in [-0.3, -0.25) is 9.78 Å². The van der Waals surface area contributed by atoms with Gasteiger partial charge < -0.3 is 10.2 Å². The molecule has 0 aliphatic heterocycles. The van der Waals surface area contributed by atoms with E-state index >= 15 is 0 Å². The Bertz CT molecular complexity index is 372. The zero-order chi connectivity index (χ0) is 12.7. The number of amides is 1. The lowest BCUT2D eigenvalue weighted by atomic mass is 10.4.